The molecule has 0 aliphatic carbocycles. The van der Waals surface area contributed by atoms with Crippen LogP contribution in [0.1, 0.15) is 42.8 Å². The van der Waals surface area contributed by atoms with Crippen molar-refractivity contribution in [3.8, 4) is 28.6 Å². The lowest BCUT2D eigenvalue weighted by molar-refractivity contribution is 0.0882. The lowest BCUT2D eigenvalue weighted by Gasteiger charge is -2.20. The number of carbonyl (C=O) groups excluding carboxylic acids is 1. The van der Waals surface area contributed by atoms with Gasteiger partial charge < -0.3 is 28.5 Å². The van der Waals surface area contributed by atoms with Crippen LogP contribution in [0.3, 0.4) is 0 Å². The van der Waals surface area contributed by atoms with Crippen molar-refractivity contribution in [3.63, 3.8) is 0 Å². The minimum absolute atomic E-state index is 0.0529. The molecule has 0 radical (unpaired) electrons. The molecule has 2 atom stereocenters. The number of amides is 1. The Balaban J connectivity index is 1.93. The van der Waals surface area contributed by atoms with Crippen LogP contribution in [0.25, 0.3) is 11.4 Å². The predicted molar refractivity (Wildman–Crippen MR) is 108 cm³/mol. The Labute approximate surface area is 174 Å². The van der Waals surface area contributed by atoms with Crippen molar-refractivity contribution in [2.24, 2.45) is 5.92 Å². The highest BCUT2D eigenvalue weighted by Crippen LogP contribution is 2.40. The van der Waals surface area contributed by atoms with E-state index in [9.17, 15) is 4.79 Å². The molecule has 0 bridgehead atoms. The molecular formula is C21H25N3O6. The van der Waals surface area contributed by atoms with Crippen molar-refractivity contribution in [2.75, 3.05) is 21.3 Å². The van der Waals surface area contributed by atoms with E-state index in [0.717, 1.165) is 6.42 Å². The van der Waals surface area contributed by atoms with E-state index >= 15 is 0 Å². The van der Waals surface area contributed by atoms with E-state index in [1.807, 2.05) is 13.8 Å². The summed E-state index contributed by atoms with van der Waals surface area (Å²) in [5, 5.41) is 7.00. The zero-order valence-corrected chi connectivity index (χ0v) is 17.6. The molecule has 0 saturated carbocycles. The van der Waals surface area contributed by atoms with E-state index in [0.29, 0.717) is 34.5 Å². The quantitative estimate of drug-likeness (QED) is 0.561. The number of benzene rings is 1. The van der Waals surface area contributed by atoms with Gasteiger partial charge in [-0.25, -0.2) is 0 Å². The lowest BCUT2D eigenvalue weighted by Crippen LogP contribution is -2.32. The van der Waals surface area contributed by atoms with E-state index < -0.39 is 6.04 Å². The molecule has 3 aromatic rings. The number of hydrogen-bond donors (Lipinski definition) is 1. The van der Waals surface area contributed by atoms with Crippen LogP contribution in [0.15, 0.2) is 39.5 Å². The Morgan fingerprint density at radius 1 is 1.17 bits per heavy atom. The third-order valence-corrected chi connectivity index (χ3v) is 4.88. The molecular weight excluding hydrogens is 390 g/mol. The second kappa shape index (κ2) is 9.34. The van der Waals surface area contributed by atoms with Crippen molar-refractivity contribution in [1.82, 2.24) is 15.5 Å². The van der Waals surface area contributed by atoms with Crippen LogP contribution in [0.4, 0.5) is 0 Å². The van der Waals surface area contributed by atoms with E-state index in [2.05, 4.69) is 15.5 Å². The number of rotatable bonds is 9. The number of nitrogens with one attached hydrogen (secondary N) is 1. The summed E-state index contributed by atoms with van der Waals surface area (Å²) >= 11 is 0. The molecule has 0 saturated heterocycles. The van der Waals surface area contributed by atoms with Crippen molar-refractivity contribution in [3.05, 3.63) is 42.2 Å². The Bertz CT molecular complexity index is 958. The zero-order valence-electron chi connectivity index (χ0n) is 17.6. The maximum Gasteiger partial charge on any atom is 0.287 e. The number of furan rings is 1. The first-order chi connectivity index (χ1) is 14.5. The van der Waals surface area contributed by atoms with E-state index in [1.54, 1.807) is 24.3 Å². The van der Waals surface area contributed by atoms with Gasteiger partial charge in [-0.1, -0.05) is 25.4 Å². The molecule has 2 unspecified atom stereocenters. The molecule has 9 heteroatoms. The molecule has 0 fully saturated rings. The normalized spacial score (nSPS) is 12.8. The molecule has 0 aliphatic heterocycles. The van der Waals surface area contributed by atoms with E-state index in [1.165, 1.54) is 27.6 Å². The van der Waals surface area contributed by atoms with Gasteiger partial charge in [-0.3, -0.25) is 4.79 Å². The topological polar surface area (TPSA) is 109 Å². The second-order valence-corrected chi connectivity index (χ2v) is 6.68. The summed E-state index contributed by atoms with van der Waals surface area (Å²) in [6.07, 6.45) is 2.24. The van der Waals surface area contributed by atoms with Crippen molar-refractivity contribution < 1.29 is 27.9 Å². The third-order valence-electron chi connectivity index (χ3n) is 4.88. The summed E-state index contributed by atoms with van der Waals surface area (Å²) in [6, 6.07) is 6.24. The Kier molecular flexibility index (Phi) is 6.61. The average molecular weight is 415 g/mol. The maximum atomic E-state index is 12.5. The van der Waals surface area contributed by atoms with Crippen molar-refractivity contribution >= 4 is 5.91 Å². The van der Waals surface area contributed by atoms with Gasteiger partial charge in [0.05, 0.1) is 27.6 Å². The molecule has 1 aromatic carbocycles. The molecule has 9 nitrogen and oxygen atoms in total. The van der Waals surface area contributed by atoms with Gasteiger partial charge in [-0.15, -0.1) is 0 Å². The number of methoxy groups -OCH3 is 3. The van der Waals surface area contributed by atoms with Gasteiger partial charge in [0.1, 0.15) is 6.04 Å². The summed E-state index contributed by atoms with van der Waals surface area (Å²) in [5.74, 6) is 1.97. The van der Waals surface area contributed by atoms with Gasteiger partial charge in [0.2, 0.25) is 17.5 Å². The molecule has 0 spiro atoms. The van der Waals surface area contributed by atoms with Crippen LogP contribution in [-0.2, 0) is 0 Å². The summed E-state index contributed by atoms with van der Waals surface area (Å²) in [4.78, 5) is 17.0. The van der Waals surface area contributed by atoms with Crippen LogP contribution in [0.2, 0.25) is 0 Å². The average Bonchev–Trinajstić information content (AvgIpc) is 3.48. The predicted octanol–water partition coefficient (Wildman–Crippen LogP) is 3.87. The Morgan fingerprint density at radius 2 is 1.87 bits per heavy atom. The first kappa shape index (κ1) is 21.2. The lowest BCUT2D eigenvalue weighted by atomic mass is 9.99. The fourth-order valence-electron chi connectivity index (χ4n) is 2.99. The summed E-state index contributed by atoms with van der Waals surface area (Å²) in [5.41, 5.74) is 0.625. The fraction of sp³-hybridized carbons (Fsp3) is 0.381. The van der Waals surface area contributed by atoms with Crippen LogP contribution in [0.5, 0.6) is 17.2 Å². The molecule has 1 amide bonds. The number of carbonyl (C=O) groups is 1. The molecule has 160 valence electrons. The van der Waals surface area contributed by atoms with E-state index in [-0.39, 0.29) is 17.6 Å². The number of hydrogen-bond acceptors (Lipinski definition) is 8. The SMILES string of the molecule is CCC(C)C(NC(=O)c1ccco1)c1nc(-c2cc(OC)c(OC)c(OC)c2)no1. The van der Waals surface area contributed by atoms with Gasteiger partial charge in [0, 0.05) is 5.56 Å². The first-order valence-corrected chi connectivity index (χ1v) is 9.50. The molecule has 0 aliphatic rings. The minimum Gasteiger partial charge on any atom is -0.493 e. The number of ether oxygens (including phenoxy) is 3. The first-order valence-electron chi connectivity index (χ1n) is 9.50. The number of aromatic nitrogens is 2. The smallest absolute Gasteiger partial charge is 0.287 e. The zero-order chi connectivity index (χ0) is 21.7. The molecule has 30 heavy (non-hydrogen) atoms. The van der Waals surface area contributed by atoms with Crippen molar-refractivity contribution in [1.29, 1.82) is 0 Å². The second-order valence-electron chi connectivity index (χ2n) is 6.68. The van der Waals surface area contributed by atoms with Crippen LogP contribution in [0, 0.1) is 5.92 Å². The largest absolute Gasteiger partial charge is 0.493 e. The highest BCUT2D eigenvalue weighted by atomic mass is 16.5. The summed E-state index contributed by atoms with van der Waals surface area (Å²) in [7, 11) is 4.60. The fourth-order valence-corrected chi connectivity index (χ4v) is 2.99. The third kappa shape index (κ3) is 4.24. The van der Waals surface area contributed by atoms with Crippen LogP contribution >= 0.6 is 0 Å². The maximum absolute atomic E-state index is 12.5. The molecule has 3 rings (SSSR count). The Hall–Kier alpha value is -3.49. The highest BCUT2D eigenvalue weighted by molar-refractivity contribution is 5.91. The monoisotopic (exact) mass is 415 g/mol. The van der Waals surface area contributed by atoms with E-state index in [4.69, 9.17) is 23.2 Å². The van der Waals surface area contributed by atoms with Gasteiger partial charge in [0.15, 0.2) is 17.3 Å². The molecule has 1 N–H and O–H groups in total. The Morgan fingerprint density at radius 3 is 2.40 bits per heavy atom. The molecule has 2 aromatic heterocycles. The standard InChI is InChI=1S/C21H25N3O6/c1-6-12(2)17(22-20(25)14-8-7-9-29-14)21-23-19(24-30-21)13-10-15(26-3)18(28-5)16(11-13)27-4/h7-12,17H,6H2,1-5H3,(H,22,25). The van der Waals surface area contributed by atoms with Crippen LogP contribution < -0.4 is 19.5 Å². The number of nitrogens with zero attached hydrogens (tertiary/aromatic N) is 2. The van der Waals surface area contributed by atoms with Gasteiger partial charge >= 0.3 is 0 Å². The summed E-state index contributed by atoms with van der Waals surface area (Å²) < 4.78 is 26.8. The van der Waals surface area contributed by atoms with Gasteiger partial charge in [-0.2, -0.15) is 4.98 Å². The minimum atomic E-state index is -0.476. The van der Waals surface area contributed by atoms with Crippen molar-refractivity contribution in [2.45, 2.75) is 26.3 Å². The molecule has 2 heterocycles. The van der Waals surface area contributed by atoms with Crippen LogP contribution in [-0.4, -0.2) is 37.4 Å². The van der Waals surface area contributed by atoms with Gasteiger partial charge in [0.25, 0.3) is 5.91 Å². The highest BCUT2D eigenvalue weighted by Gasteiger charge is 2.28. The summed E-state index contributed by atoms with van der Waals surface area (Å²) in [6.45, 7) is 4.02. The van der Waals surface area contributed by atoms with Gasteiger partial charge in [-0.05, 0) is 30.2 Å².